The molecule has 2 rings (SSSR count). The normalized spacial score (nSPS) is 19.1. The van der Waals surface area contributed by atoms with Gasteiger partial charge in [0, 0.05) is 12.2 Å². The molecule has 20 heavy (non-hydrogen) atoms. The van der Waals surface area contributed by atoms with Gasteiger partial charge in [-0.15, -0.1) is 0 Å². The number of halogens is 2. The zero-order valence-electron chi connectivity index (χ0n) is 11.0. The molecule has 1 aromatic rings. The molecule has 7 heteroatoms. The van der Waals surface area contributed by atoms with Gasteiger partial charge in [-0.3, -0.25) is 14.5 Å². The van der Waals surface area contributed by atoms with Crippen molar-refractivity contribution in [2.45, 2.75) is 19.2 Å². The largest absolute Gasteiger partial charge is 0.365 e. The molecule has 1 aromatic carbocycles. The molecular weight excluding hydrogens is 303 g/mol. The number of nitrogens with one attached hydrogen (secondary N) is 1. The first kappa shape index (κ1) is 15.1. The monoisotopic (exact) mass is 316 g/mol. The quantitative estimate of drug-likeness (QED) is 0.922. The fourth-order valence-electron chi connectivity index (χ4n) is 1.80. The summed E-state index contributed by atoms with van der Waals surface area (Å²) in [6, 6.07) is 4.08. The fourth-order valence-corrected chi connectivity index (χ4v) is 2.90. The number of carbonyl (C=O) groups is 2. The number of thioether (sulfide) groups is 1. The summed E-state index contributed by atoms with van der Waals surface area (Å²) in [6.07, 6.45) is 0. The highest BCUT2D eigenvalue weighted by molar-refractivity contribution is 8.15. The molecular formula is C13H14ClFN2O2S. The van der Waals surface area contributed by atoms with Gasteiger partial charge in [0.25, 0.3) is 11.1 Å². The standard InChI is InChI=1S/C13H14ClFN2O2S/c1-7(2)6-17-12(18)11(20-13(17)19)16-8-3-4-10(15)9(14)5-8/h3-5,7,11,16H,6H2,1-2H3/t11-/m0/s1. The van der Waals surface area contributed by atoms with E-state index in [1.807, 2.05) is 13.8 Å². The van der Waals surface area contributed by atoms with Crippen LogP contribution >= 0.6 is 23.4 Å². The van der Waals surface area contributed by atoms with E-state index in [0.29, 0.717) is 12.2 Å². The van der Waals surface area contributed by atoms with Crippen LogP contribution in [-0.2, 0) is 4.79 Å². The number of anilines is 1. The summed E-state index contributed by atoms with van der Waals surface area (Å²) >= 11 is 6.60. The Morgan fingerprint density at radius 2 is 2.15 bits per heavy atom. The van der Waals surface area contributed by atoms with Gasteiger partial charge in [-0.1, -0.05) is 25.4 Å². The Balaban J connectivity index is 2.09. The Morgan fingerprint density at radius 1 is 1.45 bits per heavy atom. The van der Waals surface area contributed by atoms with Crippen LogP contribution in [0.1, 0.15) is 13.8 Å². The summed E-state index contributed by atoms with van der Waals surface area (Å²) in [5.41, 5.74) is 0.501. The number of benzene rings is 1. The molecule has 1 heterocycles. The van der Waals surface area contributed by atoms with E-state index in [2.05, 4.69) is 5.32 Å². The molecule has 0 radical (unpaired) electrons. The zero-order valence-corrected chi connectivity index (χ0v) is 12.6. The maximum Gasteiger partial charge on any atom is 0.290 e. The van der Waals surface area contributed by atoms with E-state index < -0.39 is 11.2 Å². The maximum absolute atomic E-state index is 13.1. The van der Waals surface area contributed by atoms with Crippen LogP contribution in [0.5, 0.6) is 0 Å². The predicted octanol–water partition coefficient (Wildman–Crippen LogP) is 3.57. The van der Waals surface area contributed by atoms with Crippen LogP contribution in [-0.4, -0.2) is 28.0 Å². The Kier molecular flexibility index (Phi) is 4.55. The number of imide groups is 1. The van der Waals surface area contributed by atoms with Gasteiger partial charge < -0.3 is 5.32 Å². The van der Waals surface area contributed by atoms with E-state index in [1.54, 1.807) is 0 Å². The highest BCUT2D eigenvalue weighted by Crippen LogP contribution is 2.29. The molecule has 0 saturated carbocycles. The molecule has 1 atom stereocenters. The van der Waals surface area contributed by atoms with Gasteiger partial charge in [0.1, 0.15) is 5.82 Å². The SMILES string of the molecule is CC(C)CN1C(=O)S[C@H](Nc2ccc(F)c(Cl)c2)C1=O. The van der Waals surface area contributed by atoms with Crippen molar-refractivity contribution in [3.63, 3.8) is 0 Å². The fraction of sp³-hybridized carbons (Fsp3) is 0.385. The molecule has 4 nitrogen and oxygen atoms in total. The van der Waals surface area contributed by atoms with Gasteiger partial charge >= 0.3 is 0 Å². The third-order valence-electron chi connectivity index (χ3n) is 2.69. The topological polar surface area (TPSA) is 49.4 Å². The van der Waals surface area contributed by atoms with Crippen molar-refractivity contribution in [1.82, 2.24) is 4.90 Å². The van der Waals surface area contributed by atoms with Crippen LogP contribution in [0.15, 0.2) is 18.2 Å². The molecule has 0 unspecified atom stereocenters. The van der Waals surface area contributed by atoms with Crippen molar-refractivity contribution in [1.29, 1.82) is 0 Å². The van der Waals surface area contributed by atoms with Gasteiger partial charge in [0.15, 0.2) is 5.37 Å². The lowest BCUT2D eigenvalue weighted by atomic mass is 10.2. The number of nitrogens with zero attached hydrogens (tertiary/aromatic N) is 1. The van der Waals surface area contributed by atoms with Crippen LogP contribution < -0.4 is 5.32 Å². The van der Waals surface area contributed by atoms with Gasteiger partial charge in [-0.05, 0) is 35.9 Å². The summed E-state index contributed by atoms with van der Waals surface area (Å²) in [4.78, 5) is 25.1. The van der Waals surface area contributed by atoms with Crippen LogP contribution in [0.25, 0.3) is 0 Å². The van der Waals surface area contributed by atoms with E-state index in [4.69, 9.17) is 11.6 Å². The minimum Gasteiger partial charge on any atom is -0.365 e. The zero-order chi connectivity index (χ0) is 14.9. The molecule has 1 saturated heterocycles. The van der Waals surface area contributed by atoms with Crippen LogP contribution in [0.2, 0.25) is 5.02 Å². The van der Waals surface area contributed by atoms with Crippen molar-refractivity contribution in [3.05, 3.63) is 29.0 Å². The van der Waals surface area contributed by atoms with Crippen molar-refractivity contribution in [2.24, 2.45) is 5.92 Å². The van der Waals surface area contributed by atoms with Crippen LogP contribution in [0, 0.1) is 11.7 Å². The second-order valence-corrected chi connectivity index (χ2v) is 6.34. The second-order valence-electron chi connectivity index (χ2n) is 4.88. The first-order valence-electron chi connectivity index (χ1n) is 6.12. The summed E-state index contributed by atoms with van der Waals surface area (Å²) in [7, 11) is 0. The van der Waals surface area contributed by atoms with E-state index >= 15 is 0 Å². The molecule has 0 aromatic heterocycles. The van der Waals surface area contributed by atoms with Crippen molar-refractivity contribution < 1.29 is 14.0 Å². The molecule has 1 aliphatic heterocycles. The maximum atomic E-state index is 13.1. The van der Waals surface area contributed by atoms with Crippen molar-refractivity contribution >= 4 is 40.2 Å². The van der Waals surface area contributed by atoms with Gasteiger partial charge in [-0.25, -0.2) is 4.39 Å². The molecule has 1 aliphatic rings. The molecule has 2 amide bonds. The third-order valence-corrected chi connectivity index (χ3v) is 3.96. The lowest BCUT2D eigenvalue weighted by Gasteiger charge is -2.16. The summed E-state index contributed by atoms with van der Waals surface area (Å²) < 4.78 is 13.1. The highest BCUT2D eigenvalue weighted by Gasteiger charge is 2.39. The Bertz CT molecular complexity index is 553. The summed E-state index contributed by atoms with van der Waals surface area (Å²) in [6.45, 7) is 4.27. The lowest BCUT2D eigenvalue weighted by Crippen LogP contribution is -2.36. The van der Waals surface area contributed by atoms with E-state index in [-0.39, 0.29) is 22.1 Å². The number of amides is 2. The first-order chi connectivity index (χ1) is 9.38. The second kappa shape index (κ2) is 6.01. The minimum atomic E-state index is -0.692. The van der Waals surface area contributed by atoms with E-state index in [9.17, 15) is 14.0 Å². The predicted molar refractivity (Wildman–Crippen MR) is 78.4 cm³/mol. The average molecular weight is 317 g/mol. The molecule has 0 bridgehead atoms. The summed E-state index contributed by atoms with van der Waals surface area (Å²) in [5, 5.41) is 1.90. The molecule has 0 spiro atoms. The number of carbonyl (C=O) groups excluding carboxylic acids is 2. The molecule has 0 aliphatic carbocycles. The Morgan fingerprint density at radius 3 is 2.75 bits per heavy atom. The molecule has 1 N–H and O–H groups in total. The van der Waals surface area contributed by atoms with Crippen molar-refractivity contribution in [3.8, 4) is 0 Å². The van der Waals surface area contributed by atoms with Crippen molar-refractivity contribution in [2.75, 3.05) is 11.9 Å². The smallest absolute Gasteiger partial charge is 0.290 e. The lowest BCUT2D eigenvalue weighted by molar-refractivity contribution is -0.126. The first-order valence-corrected chi connectivity index (χ1v) is 7.38. The summed E-state index contributed by atoms with van der Waals surface area (Å²) in [5.74, 6) is -0.600. The minimum absolute atomic E-state index is 0.0317. The van der Waals surface area contributed by atoms with Gasteiger partial charge in [-0.2, -0.15) is 0 Å². The Hall–Kier alpha value is -1.27. The average Bonchev–Trinajstić information content (AvgIpc) is 2.61. The Labute approximate surface area is 125 Å². The number of rotatable bonds is 4. The van der Waals surface area contributed by atoms with Gasteiger partial charge in [0.05, 0.1) is 5.02 Å². The molecule has 108 valence electrons. The number of hydrogen-bond donors (Lipinski definition) is 1. The van der Waals surface area contributed by atoms with E-state index in [0.717, 1.165) is 11.8 Å². The number of hydrogen-bond acceptors (Lipinski definition) is 4. The van der Waals surface area contributed by atoms with Crippen LogP contribution in [0.3, 0.4) is 0 Å². The van der Waals surface area contributed by atoms with E-state index in [1.165, 1.54) is 23.1 Å². The van der Waals surface area contributed by atoms with Crippen LogP contribution in [0.4, 0.5) is 14.9 Å². The molecule has 1 fully saturated rings. The van der Waals surface area contributed by atoms with Gasteiger partial charge in [0.2, 0.25) is 0 Å². The third kappa shape index (κ3) is 3.24. The highest BCUT2D eigenvalue weighted by atomic mass is 35.5.